The molecule has 0 bridgehead atoms. The molecule has 3 heterocycles. The van der Waals surface area contributed by atoms with Crippen LogP contribution in [-0.2, 0) is 11.3 Å². The van der Waals surface area contributed by atoms with Crippen molar-refractivity contribution in [2.45, 2.75) is 70.9 Å². The summed E-state index contributed by atoms with van der Waals surface area (Å²) in [6.07, 6.45) is 9.46. The maximum absolute atomic E-state index is 13.3. The van der Waals surface area contributed by atoms with Crippen LogP contribution < -0.4 is 0 Å². The molecule has 1 aromatic heterocycles. The number of aromatic nitrogens is 2. The second-order valence-corrected chi connectivity index (χ2v) is 7.87. The fourth-order valence-electron chi connectivity index (χ4n) is 4.91. The molecule has 1 spiro atoms. The largest absolute Gasteiger partial charge is 0.339 e. The molecule has 1 saturated carbocycles. The van der Waals surface area contributed by atoms with Crippen LogP contribution in [-0.4, -0.2) is 51.5 Å². The average Bonchev–Trinajstić information content (AvgIpc) is 3.19. The van der Waals surface area contributed by atoms with E-state index < -0.39 is 0 Å². The van der Waals surface area contributed by atoms with Gasteiger partial charge in [0.25, 0.3) is 0 Å². The number of hydrogen-bond acceptors (Lipinski definition) is 5. The molecule has 4 rings (SSSR count). The Morgan fingerprint density at radius 3 is 2.75 bits per heavy atom. The van der Waals surface area contributed by atoms with Crippen molar-refractivity contribution in [3.05, 3.63) is 11.7 Å². The number of hydrogen-bond donors (Lipinski definition) is 0. The fourth-order valence-corrected chi connectivity index (χ4v) is 4.91. The van der Waals surface area contributed by atoms with E-state index in [1.54, 1.807) is 0 Å². The van der Waals surface area contributed by atoms with Crippen LogP contribution in [0, 0.1) is 12.3 Å². The molecule has 132 valence electrons. The van der Waals surface area contributed by atoms with Gasteiger partial charge in [0.1, 0.15) is 0 Å². The SMILES string of the molecule is Cc1noc(CN2CC[C@@]3(CCCN(C4CCCCC4)C3=O)C2)n1. The molecule has 3 fully saturated rings. The maximum Gasteiger partial charge on any atom is 0.240 e. The Kier molecular flexibility index (Phi) is 4.33. The quantitative estimate of drug-likeness (QED) is 0.851. The van der Waals surface area contributed by atoms with Crippen molar-refractivity contribution < 1.29 is 9.32 Å². The molecule has 1 aliphatic carbocycles. The van der Waals surface area contributed by atoms with E-state index >= 15 is 0 Å². The van der Waals surface area contributed by atoms with E-state index in [-0.39, 0.29) is 5.41 Å². The third kappa shape index (κ3) is 2.96. The molecular formula is C18H28N4O2. The maximum atomic E-state index is 13.3. The first-order chi connectivity index (χ1) is 11.7. The zero-order valence-corrected chi connectivity index (χ0v) is 14.7. The summed E-state index contributed by atoms with van der Waals surface area (Å²) < 4.78 is 5.25. The molecule has 1 aromatic rings. The Bertz CT molecular complexity index is 596. The smallest absolute Gasteiger partial charge is 0.240 e. The zero-order chi connectivity index (χ0) is 16.6. The molecule has 24 heavy (non-hydrogen) atoms. The third-order valence-corrected chi connectivity index (χ3v) is 6.15. The van der Waals surface area contributed by atoms with Gasteiger partial charge in [0.15, 0.2) is 5.82 Å². The fraction of sp³-hybridized carbons (Fsp3) is 0.833. The van der Waals surface area contributed by atoms with Crippen molar-refractivity contribution in [1.82, 2.24) is 19.9 Å². The summed E-state index contributed by atoms with van der Waals surface area (Å²) in [5.74, 6) is 1.76. The third-order valence-electron chi connectivity index (χ3n) is 6.15. The van der Waals surface area contributed by atoms with Gasteiger partial charge >= 0.3 is 0 Å². The van der Waals surface area contributed by atoms with Gasteiger partial charge in [-0.1, -0.05) is 24.4 Å². The minimum Gasteiger partial charge on any atom is -0.339 e. The highest BCUT2D eigenvalue weighted by Crippen LogP contribution is 2.42. The number of likely N-dealkylation sites (tertiary alicyclic amines) is 2. The number of carbonyl (C=O) groups is 1. The van der Waals surface area contributed by atoms with Gasteiger partial charge in [0.05, 0.1) is 12.0 Å². The minimum absolute atomic E-state index is 0.162. The molecule has 3 aliphatic rings. The van der Waals surface area contributed by atoms with E-state index in [1.807, 2.05) is 6.92 Å². The van der Waals surface area contributed by atoms with Crippen molar-refractivity contribution in [3.63, 3.8) is 0 Å². The van der Waals surface area contributed by atoms with E-state index in [0.717, 1.165) is 38.9 Å². The first-order valence-electron chi connectivity index (χ1n) is 9.49. The predicted octanol–water partition coefficient (Wildman–Crippen LogP) is 2.53. The van der Waals surface area contributed by atoms with Crippen LogP contribution in [0.4, 0.5) is 0 Å². The van der Waals surface area contributed by atoms with Gasteiger partial charge in [-0.3, -0.25) is 9.69 Å². The van der Waals surface area contributed by atoms with Crippen LogP contribution in [0.15, 0.2) is 4.52 Å². The van der Waals surface area contributed by atoms with Gasteiger partial charge in [-0.05, 0) is 45.6 Å². The Morgan fingerprint density at radius 1 is 1.17 bits per heavy atom. The van der Waals surface area contributed by atoms with Crippen LogP contribution in [0.3, 0.4) is 0 Å². The lowest BCUT2D eigenvalue weighted by Gasteiger charge is -2.44. The van der Waals surface area contributed by atoms with E-state index in [0.29, 0.717) is 30.2 Å². The highest BCUT2D eigenvalue weighted by molar-refractivity contribution is 5.84. The number of carbonyl (C=O) groups excluding carboxylic acids is 1. The van der Waals surface area contributed by atoms with Crippen LogP contribution in [0.25, 0.3) is 0 Å². The normalized spacial score (nSPS) is 29.7. The minimum atomic E-state index is -0.162. The number of rotatable bonds is 3. The number of amides is 1. The second kappa shape index (κ2) is 6.47. The first-order valence-corrected chi connectivity index (χ1v) is 9.49. The number of aryl methyl sites for hydroxylation is 1. The molecule has 1 amide bonds. The Morgan fingerprint density at radius 2 is 2.00 bits per heavy atom. The molecule has 2 saturated heterocycles. The summed E-state index contributed by atoms with van der Waals surface area (Å²) in [4.78, 5) is 22.2. The monoisotopic (exact) mass is 332 g/mol. The zero-order valence-electron chi connectivity index (χ0n) is 14.7. The van der Waals surface area contributed by atoms with Gasteiger partial charge in [0.2, 0.25) is 11.8 Å². The Labute approximate surface area is 143 Å². The van der Waals surface area contributed by atoms with E-state index in [1.165, 1.54) is 32.1 Å². The second-order valence-electron chi connectivity index (χ2n) is 7.87. The van der Waals surface area contributed by atoms with Crippen LogP contribution in [0.2, 0.25) is 0 Å². The summed E-state index contributed by atoms with van der Waals surface area (Å²) in [5, 5.41) is 3.86. The van der Waals surface area contributed by atoms with Gasteiger partial charge in [0, 0.05) is 19.1 Å². The van der Waals surface area contributed by atoms with Crippen molar-refractivity contribution in [2.75, 3.05) is 19.6 Å². The summed E-state index contributed by atoms with van der Waals surface area (Å²) in [6, 6.07) is 0.496. The van der Waals surface area contributed by atoms with E-state index in [4.69, 9.17) is 4.52 Å². The molecule has 0 unspecified atom stereocenters. The van der Waals surface area contributed by atoms with Gasteiger partial charge < -0.3 is 9.42 Å². The lowest BCUT2D eigenvalue weighted by atomic mass is 9.77. The molecule has 6 heteroatoms. The van der Waals surface area contributed by atoms with Gasteiger partial charge in [-0.15, -0.1) is 0 Å². The van der Waals surface area contributed by atoms with Gasteiger partial charge in [-0.25, -0.2) is 0 Å². The number of nitrogens with zero attached hydrogens (tertiary/aromatic N) is 4. The van der Waals surface area contributed by atoms with Crippen LogP contribution in [0.1, 0.15) is 63.1 Å². The molecule has 0 N–H and O–H groups in total. The van der Waals surface area contributed by atoms with E-state index in [2.05, 4.69) is 19.9 Å². The van der Waals surface area contributed by atoms with Crippen LogP contribution >= 0.6 is 0 Å². The summed E-state index contributed by atoms with van der Waals surface area (Å²) in [7, 11) is 0. The summed E-state index contributed by atoms with van der Waals surface area (Å²) in [5.41, 5.74) is -0.162. The van der Waals surface area contributed by atoms with Crippen molar-refractivity contribution >= 4 is 5.91 Å². The molecule has 1 atom stereocenters. The molecule has 0 aromatic carbocycles. The van der Waals surface area contributed by atoms with Crippen molar-refractivity contribution in [3.8, 4) is 0 Å². The first kappa shape index (κ1) is 16.1. The standard InChI is InChI=1S/C18H28N4O2/c1-14-19-16(24-20-14)12-21-11-9-18(13-21)8-5-10-22(17(18)23)15-6-3-2-4-7-15/h15H,2-13H2,1H3/t18-/m0/s1. The van der Waals surface area contributed by atoms with E-state index in [9.17, 15) is 4.79 Å². The van der Waals surface area contributed by atoms with Gasteiger partial charge in [-0.2, -0.15) is 4.98 Å². The Balaban J connectivity index is 1.43. The summed E-state index contributed by atoms with van der Waals surface area (Å²) >= 11 is 0. The molecule has 0 radical (unpaired) electrons. The number of piperidine rings is 1. The highest BCUT2D eigenvalue weighted by atomic mass is 16.5. The van der Waals surface area contributed by atoms with Crippen molar-refractivity contribution in [1.29, 1.82) is 0 Å². The molecular weight excluding hydrogens is 304 g/mol. The Hall–Kier alpha value is -1.43. The average molecular weight is 332 g/mol. The topological polar surface area (TPSA) is 62.5 Å². The van der Waals surface area contributed by atoms with Crippen LogP contribution in [0.5, 0.6) is 0 Å². The van der Waals surface area contributed by atoms with Crippen molar-refractivity contribution in [2.24, 2.45) is 5.41 Å². The summed E-state index contributed by atoms with van der Waals surface area (Å²) in [6.45, 7) is 5.26. The molecule has 6 nitrogen and oxygen atoms in total. The predicted molar refractivity (Wildman–Crippen MR) is 89.2 cm³/mol. The lowest BCUT2D eigenvalue weighted by molar-refractivity contribution is -0.149. The lowest BCUT2D eigenvalue weighted by Crippen LogP contribution is -2.54. The highest BCUT2D eigenvalue weighted by Gasteiger charge is 2.49. The molecule has 2 aliphatic heterocycles.